The van der Waals surface area contributed by atoms with E-state index in [-0.39, 0.29) is 5.91 Å². The standard InChI is InChI=1S/C19H16BrNO/c20-17-12-10-15(11-13-17)14-21-18(8-4-5-9-19(21)22)16-6-2-1-3-7-16/h1-8,10-13H,9,14H2. The summed E-state index contributed by atoms with van der Waals surface area (Å²) in [6, 6.07) is 18.1. The van der Waals surface area contributed by atoms with Crippen LogP contribution in [0.15, 0.2) is 77.3 Å². The normalized spacial score (nSPS) is 14.7. The number of rotatable bonds is 3. The summed E-state index contributed by atoms with van der Waals surface area (Å²) in [7, 11) is 0. The second kappa shape index (κ2) is 6.75. The Morgan fingerprint density at radius 3 is 2.45 bits per heavy atom. The molecule has 0 bridgehead atoms. The monoisotopic (exact) mass is 353 g/mol. The fourth-order valence-corrected chi connectivity index (χ4v) is 2.73. The third-order valence-corrected chi connectivity index (χ3v) is 4.13. The minimum atomic E-state index is 0.117. The highest BCUT2D eigenvalue weighted by molar-refractivity contribution is 9.10. The number of hydrogen-bond donors (Lipinski definition) is 0. The quantitative estimate of drug-likeness (QED) is 0.777. The number of carbonyl (C=O) groups excluding carboxylic acids is 1. The van der Waals surface area contributed by atoms with Crippen molar-refractivity contribution in [2.75, 3.05) is 0 Å². The molecule has 2 aromatic rings. The molecule has 1 aliphatic heterocycles. The Kier molecular flexibility index (Phi) is 4.54. The molecule has 0 aliphatic carbocycles. The number of halogens is 1. The zero-order valence-electron chi connectivity index (χ0n) is 12.1. The van der Waals surface area contributed by atoms with Crippen LogP contribution in [0.25, 0.3) is 5.70 Å². The Balaban J connectivity index is 1.94. The van der Waals surface area contributed by atoms with Crippen LogP contribution in [0.3, 0.4) is 0 Å². The number of allylic oxidation sites excluding steroid dienone is 2. The first-order valence-corrected chi connectivity index (χ1v) is 8.00. The summed E-state index contributed by atoms with van der Waals surface area (Å²) >= 11 is 3.44. The second-order valence-electron chi connectivity index (χ2n) is 5.16. The molecule has 22 heavy (non-hydrogen) atoms. The molecular weight excluding hydrogens is 338 g/mol. The van der Waals surface area contributed by atoms with Gasteiger partial charge in [-0.1, -0.05) is 70.5 Å². The maximum atomic E-state index is 12.5. The number of carbonyl (C=O) groups is 1. The first-order valence-electron chi connectivity index (χ1n) is 7.21. The maximum absolute atomic E-state index is 12.5. The van der Waals surface area contributed by atoms with Gasteiger partial charge in [0, 0.05) is 10.9 Å². The molecule has 1 heterocycles. The predicted octanol–water partition coefficient (Wildman–Crippen LogP) is 4.78. The van der Waals surface area contributed by atoms with Gasteiger partial charge >= 0.3 is 0 Å². The highest BCUT2D eigenvalue weighted by atomic mass is 79.9. The molecule has 0 saturated carbocycles. The lowest BCUT2D eigenvalue weighted by atomic mass is 10.1. The molecule has 0 N–H and O–H groups in total. The topological polar surface area (TPSA) is 20.3 Å². The van der Waals surface area contributed by atoms with E-state index >= 15 is 0 Å². The van der Waals surface area contributed by atoms with Crippen molar-refractivity contribution in [3.63, 3.8) is 0 Å². The smallest absolute Gasteiger partial charge is 0.231 e. The molecule has 0 spiro atoms. The van der Waals surface area contributed by atoms with E-state index in [1.54, 1.807) is 0 Å². The summed E-state index contributed by atoms with van der Waals surface area (Å²) in [6.45, 7) is 0.578. The van der Waals surface area contributed by atoms with Gasteiger partial charge in [-0.05, 0) is 29.3 Å². The molecule has 3 rings (SSSR count). The summed E-state index contributed by atoms with van der Waals surface area (Å²) in [4.78, 5) is 14.4. The highest BCUT2D eigenvalue weighted by Gasteiger charge is 2.20. The van der Waals surface area contributed by atoms with Crippen LogP contribution in [-0.2, 0) is 11.3 Å². The first kappa shape index (κ1) is 14.8. The lowest BCUT2D eigenvalue weighted by molar-refractivity contribution is -0.127. The van der Waals surface area contributed by atoms with Gasteiger partial charge in [0.15, 0.2) is 0 Å². The van der Waals surface area contributed by atoms with Gasteiger partial charge in [-0.25, -0.2) is 0 Å². The van der Waals surface area contributed by atoms with Gasteiger partial charge in [-0.15, -0.1) is 0 Å². The van der Waals surface area contributed by atoms with Gasteiger partial charge in [0.05, 0.1) is 12.2 Å². The summed E-state index contributed by atoms with van der Waals surface area (Å²) in [6.07, 6.45) is 6.32. The zero-order chi connectivity index (χ0) is 15.4. The molecule has 2 nitrogen and oxygen atoms in total. The van der Waals surface area contributed by atoms with Crippen molar-refractivity contribution in [3.05, 3.63) is 88.4 Å². The Bertz CT molecular complexity index is 717. The summed E-state index contributed by atoms with van der Waals surface area (Å²) in [5, 5.41) is 0. The lowest BCUT2D eigenvalue weighted by Gasteiger charge is -2.25. The molecule has 0 saturated heterocycles. The maximum Gasteiger partial charge on any atom is 0.231 e. The van der Waals surface area contributed by atoms with Gasteiger partial charge < -0.3 is 4.90 Å². The van der Waals surface area contributed by atoms with Crippen molar-refractivity contribution in [1.29, 1.82) is 0 Å². The van der Waals surface area contributed by atoms with Crippen LogP contribution in [0.5, 0.6) is 0 Å². The average molecular weight is 354 g/mol. The molecule has 0 aromatic heterocycles. The average Bonchev–Trinajstić information content (AvgIpc) is 2.73. The number of nitrogens with zero attached hydrogens (tertiary/aromatic N) is 1. The molecule has 1 aliphatic rings. The number of amides is 1. The van der Waals surface area contributed by atoms with E-state index in [0.29, 0.717) is 13.0 Å². The fraction of sp³-hybridized carbons (Fsp3) is 0.105. The van der Waals surface area contributed by atoms with E-state index in [0.717, 1.165) is 21.3 Å². The van der Waals surface area contributed by atoms with Crippen molar-refractivity contribution < 1.29 is 4.79 Å². The fourth-order valence-electron chi connectivity index (χ4n) is 2.47. The highest BCUT2D eigenvalue weighted by Crippen LogP contribution is 2.25. The van der Waals surface area contributed by atoms with E-state index in [9.17, 15) is 4.79 Å². The van der Waals surface area contributed by atoms with Crippen LogP contribution in [0, 0.1) is 0 Å². The van der Waals surface area contributed by atoms with Crippen LogP contribution in [-0.4, -0.2) is 10.8 Å². The molecule has 0 unspecified atom stereocenters. The van der Waals surface area contributed by atoms with Gasteiger partial charge in [0.25, 0.3) is 0 Å². The predicted molar refractivity (Wildman–Crippen MR) is 92.9 cm³/mol. The van der Waals surface area contributed by atoms with Crippen molar-refractivity contribution in [3.8, 4) is 0 Å². The molecular formula is C19H16BrNO. The molecule has 0 atom stereocenters. The van der Waals surface area contributed by atoms with Crippen LogP contribution in [0.4, 0.5) is 0 Å². The molecule has 0 fully saturated rings. The van der Waals surface area contributed by atoms with E-state index < -0.39 is 0 Å². The summed E-state index contributed by atoms with van der Waals surface area (Å²) < 4.78 is 1.04. The van der Waals surface area contributed by atoms with Gasteiger partial charge in [-0.3, -0.25) is 4.79 Å². The molecule has 1 amide bonds. The number of hydrogen-bond acceptors (Lipinski definition) is 1. The van der Waals surface area contributed by atoms with E-state index in [2.05, 4.69) is 15.9 Å². The summed E-state index contributed by atoms with van der Waals surface area (Å²) in [5.74, 6) is 0.117. The van der Waals surface area contributed by atoms with Crippen molar-refractivity contribution in [1.82, 2.24) is 4.90 Å². The Hall–Kier alpha value is -2.13. The molecule has 110 valence electrons. The Morgan fingerprint density at radius 1 is 1.00 bits per heavy atom. The van der Waals surface area contributed by atoms with E-state index in [1.165, 1.54) is 0 Å². The minimum absolute atomic E-state index is 0.117. The van der Waals surface area contributed by atoms with Gasteiger partial charge in [0.1, 0.15) is 0 Å². The third kappa shape index (κ3) is 3.37. The van der Waals surface area contributed by atoms with Crippen molar-refractivity contribution in [2.45, 2.75) is 13.0 Å². The number of benzene rings is 2. The third-order valence-electron chi connectivity index (χ3n) is 3.60. The minimum Gasteiger partial charge on any atom is -0.307 e. The van der Waals surface area contributed by atoms with E-state index in [1.807, 2.05) is 77.7 Å². The first-order chi connectivity index (χ1) is 10.7. The SMILES string of the molecule is O=C1CC=CC=C(c2ccccc2)N1Cc1ccc(Br)cc1. The Morgan fingerprint density at radius 2 is 1.73 bits per heavy atom. The lowest BCUT2D eigenvalue weighted by Crippen LogP contribution is -2.28. The molecule has 0 radical (unpaired) electrons. The van der Waals surface area contributed by atoms with Crippen LogP contribution >= 0.6 is 15.9 Å². The Labute approximate surface area is 138 Å². The van der Waals surface area contributed by atoms with Gasteiger partial charge in [-0.2, -0.15) is 0 Å². The zero-order valence-corrected chi connectivity index (χ0v) is 13.7. The van der Waals surface area contributed by atoms with E-state index in [4.69, 9.17) is 0 Å². The second-order valence-corrected chi connectivity index (χ2v) is 6.07. The molecule has 3 heteroatoms. The molecule has 2 aromatic carbocycles. The summed E-state index contributed by atoms with van der Waals surface area (Å²) in [5.41, 5.74) is 3.11. The van der Waals surface area contributed by atoms with Crippen LogP contribution < -0.4 is 0 Å². The van der Waals surface area contributed by atoms with Gasteiger partial charge in [0.2, 0.25) is 5.91 Å². The largest absolute Gasteiger partial charge is 0.307 e. The van der Waals surface area contributed by atoms with Crippen LogP contribution in [0.1, 0.15) is 17.5 Å². The van der Waals surface area contributed by atoms with Crippen molar-refractivity contribution >= 4 is 27.5 Å². The van der Waals surface area contributed by atoms with Crippen LogP contribution in [0.2, 0.25) is 0 Å². The van der Waals surface area contributed by atoms with Crippen molar-refractivity contribution in [2.24, 2.45) is 0 Å².